The van der Waals surface area contributed by atoms with Gasteiger partial charge in [-0.25, -0.2) is 0 Å². The van der Waals surface area contributed by atoms with Gasteiger partial charge in [-0.1, -0.05) is 27.7 Å². The van der Waals surface area contributed by atoms with Crippen molar-refractivity contribution in [1.29, 1.82) is 0 Å². The zero-order valence-electron chi connectivity index (χ0n) is 12.9. The zero-order valence-corrected chi connectivity index (χ0v) is 12.9. The quantitative estimate of drug-likeness (QED) is 0.347. The average Bonchev–Trinajstić information content (AvgIpc) is 2.46. The second-order valence-corrected chi connectivity index (χ2v) is 5.36. The summed E-state index contributed by atoms with van der Waals surface area (Å²) in [5.41, 5.74) is 0.251. The Bertz CT molecular complexity index is 528. The van der Waals surface area contributed by atoms with Gasteiger partial charge in [0.05, 0.1) is 16.8 Å². The lowest BCUT2D eigenvalue weighted by Crippen LogP contribution is -2.22. The van der Waals surface area contributed by atoms with Crippen LogP contribution in [0.2, 0.25) is 0 Å². The van der Waals surface area contributed by atoms with Crippen LogP contribution in [-0.4, -0.2) is 16.9 Å². The predicted octanol–water partition coefficient (Wildman–Crippen LogP) is 2.99. The van der Waals surface area contributed by atoms with Crippen molar-refractivity contribution in [2.45, 2.75) is 34.0 Å². The van der Waals surface area contributed by atoms with Crippen LogP contribution in [0.3, 0.4) is 0 Å². The molecule has 0 spiro atoms. The molecule has 0 unspecified atom stereocenters. The van der Waals surface area contributed by atoms with Gasteiger partial charge in [-0.15, -0.1) is 0 Å². The van der Waals surface area contributed by atoms with E-state index in [4.69, 9.17) is 9.47 Å². The van der Waals surface area contributed by atoms with Gasteiger partial charge in [0.25, 0.3) is 12.0 Å². The van der Waals surface area contributed by atoms with Crippen molar-refractivity contribution in [1.82, 2.24) is 0 Å². The van der Waals surface area contributed by atoms with Gasteiger partial charge in [0, 0.05) is 17.7 Å². The van der Waals surface area contributed by atoms with E-state index >= 15 is 0 Å². The van der Waals surface area contributed by atoms with E-state index in [-0.39, 0.29) is 5.69 Å². The lowest BCUT2D eigenvalue weighted by Gasteiger charge is -2.20. The van der Waals surface area contributed by atoms with Crippen LogP contribution >= 0.6 is 0 Å². The summed E-state index contributed by atoms with van der Waals surface area (Å²) in [6, 6.07) is 5.30. The molecule has 1 rings (SSSR count). The third-order valence-electron chi connectivity index (χ3n) is 2.77. The Morgan fingerprint density at radius 2 is 1.36 bits per heavy atom. The minimum Gasteiger partial charge on any atom is -0.420 e. The van der Waals surface area contributed by atoms with Gasteiger partial charge >= 0.3 is 11.9 Å². The van der Waals surface area contributed by atoms with Crippen LogP contribution in [0, 0.1) is 22.0 Å². The van der Waals surface area contributed by atoms with E-state index in [1.54, 1.807) is 27.7 Å². The van der Waals surface area contributed by atoms with Gasteiger partial charge in [0.1, 0.15) is 0 Å². The van der Waals surface area contributed by atoms with E-state index < -0.39 is 35.0 Å². The highest BCUT2D eigenvalue weighted by molar-refractivity contribution is 5.73. The number of esters is 2. The minimum absolute atomic E-state index is 0.104. The van der Waals surface area contributed by atoms with E-state index in [9.17, 15) is 19.7 Å². The van der Waals surface area contributed by atoms with Gasteiger partial charge < -0.3 is 9.47 Å². The number of nitro benzene ring substituents is 1. The Balaban J connectivity index is 2.99. The molecule has 0 N–H and O–H groups in total. The molecule has 0 bridgehead atoms. The van der Waals surface area contributed by atoms with Gasteiger partial charge in [-0.2, -0.15) is 0 Å². The largest absolute Gasteiger partial charge is 0.420 e. The van der Waals surface area contributed by atoms with E-state index in [2.05, 4.69) is 0 Å². The first-order chi connectivity index (χ1) is 10.2. The maximum absolute atomic E-state index is 11.7. The van der Waals surface area contributed by atoms with Crippen molar-refractivity contribution in [2.75, 3.05) is 0 Å². The number of hydrogen-bond donors (Lipinski definition) is 0. The monoisotopic (exact) mass is 309 g/mol. The second-order valence-electron chi connectivity index (χ2n) is 5.36. The number of nitro groups is 1. The topological polar surface area (TPSA) is 95.7 Å². The fourth-order valence-electron chi connectivity index (χ4n) is 1.40. The third-order valence-corrected chi connectivity index (χ3v) is 2.77. The van der Waals surface area contributed by atoms with Crippen molar-refractivity contribution in [3.63, 3.8) is 0 Å². The summed E-state index contributed by atoms with van der Waals surface area (Å²) in [4.78, 5) is 33.6. The van der Waals surface area contributed by atoms with Crippen LogP contribution in [0.25, 0.3) is 0 Å². The fraction of sp³-hybridized carbons (Fsp3) is 0.467. The van der Waals surface area contributed by atoms with Gasteiger partial charge in [0.2, 0.25) is 0 Å². The molecule has 1 aromatic carbocycles. The molecule has 0 amide bonds. The number of hydrogen-bond acceptors (Lipinski definition) is 6. The second kappa shape index (κ2) is 7.53. The van der Waals surface area contributed by atoms with E-state index in [1.807, 2.05) is 0 Å². The Labute approximate surface area is 128 Å². The van der Waals surface area contributed by atoms with Crippen LogP contribution < -0.4 is 0 Å². The summed E-state index contributed by atoms with van der Waals surface area (Å²) in [5.74, 6) is -1.84. The lowest BCUT2D eigenvalue weighted by atomic mass is 10.2. The van der Waals surface area contributed by atoms with Crippen LogP contribution in [-0.2, 0) is 19.1 Å². The SMILES string of the molecule is CC(C)C(=O)OC(OC(=O)C(C)C)c1ccc([N+](=O)[O-])cc1. The number of carbonyl (C=O) groups is 2. The van der Waals surface area contributed by atoms with Crippen molar-refractivity contribution in [3.8, 4) is 0 Å². The zero-order chi connectivity index (χ0) is 16.9. The average molecular weight is 309 g/mol. The molecule has 0 atom stereocenters. The van der Waals surface area contributed by atoms with Crippen molar-refractivity contribution < 1.29 is 24.0 Å². The van der Waals surface area contributed by atoms with Crippen LogP contribution in [0.5, 0.6) is 0 Å². The Kier molecular flexibility index (Phi) is 6.03. The molecule has 0 aromatic heterocycles. The molecule has 1 aromatic rings. The summed E-state index contributed by atoms with van der Waals surface area (Å²) >= 11 is 0. The Morgan fingerprint density at radius 3 is 1.68 bits per heavy atom. The van der Waals surface area contributed by atoms with Crippen molar-refractivity contribution >= 4 is 17.6 Å². The maximum Gasteiger partial charge on any atom is 0.311 e. The molecule has 0 fully saturated rings. The Morgan fingerprint density at radius 1 is 0.955 bits per heavy atom. The summed E-state index contributed by atoms with van der Waals surface area (Å²) in [6.07, 6.45) is -1.22. The number of rotatable bonds is 6. The molecular formula is C15H19NO6. The Hall–Kier alpha value is -2.44. The molecule has 0 aliphatic rings. The first kappa shape index (κ1) is 17.6. The van der Waals surface area contributed by atoms with Crippen LogP contribution in [0.4, 0.5) is 5.69 Å². The van der Waals surface area contributed by atoms with Gasteiger partial charge in [-0.3, -0.25) is 19.7 Å². The van der Waals surface area contributed by atoms with Crippen molar-refractivity contribution in [2.24, 2.45) is 11.8 Å². The lowest BCUT2D eigenvalue weighted by molar-refractivity contribution is -0.384. The first-order valence-corrected chi connectivity index (χ1v) is 6.87. The molecule has 0 saturated heterocycles. The highest BCUT2D eigenvalue weighted by Gasteiger charge is 2.24. The number of ether oxygens (including phenoxy) is 2. The molecule has 7 nitrogen and oxygen atoms in total. The van der Waals surface area contributed by atoms with Crippen LogP contribution in [0.1, 0.15) is 39.5 Å². The molecule has 7 heteroatoms. The van der Waals surface area contributed by atoms with Gasteiger partial charge in [-0.05, 0) is 12.1 Å². The van der Waals surface area contributed by atoms with E-state index in [0.717, 1.165) is 0 Å². The van der Waals surface area contributed by atoms with Crippen molar-refractivity contribution in [3.05, 3.63) is 39.9 Å². The number of nitrogens with zero attached hydrogens (tertiary/aromatic N) is 1. The first-order valence-electron chi connectivity index (χ1n) is 6.87. The normalized spacial score (nSPS) is 10.9. The van der Waals surface area contributed by atoms with E-state index in [0.29, 0.717) is 5.56 Å². The molecule has 22 heavy (non-hydrogen) atoms. The highest BCUT2D eigenvalue weighted by Crippen LogP contribution is 2.24. The molecule has 0 heterocycles. The predicted molar refractivity (Wildman–Crippen MR) is 77.7 cm³/mol. The number of carbonyl (C=O) groups excluding carboxylic acids is 2. The summed E-state index contributed by atoms with van der Waals surface area (Å²) in [7, 11) is 0. The smallest absolute Gasteiger partial charge is 0.311 e. The number of benzene rings is 1. The summed E-state index contributed by atoms with van der Waals surface area (Å²) in [6.45, 7) is 6.61. The fourth-order valence-corrected chi connectivity index (χ4v) is 1.40. The summed E-state index contributed by atoms with van der Waals surface area (Å²) in [5, 5.41) is 10.7. The molecule has 120 valence electrons. The minimum atomic E-state index is -1.22. The van der Waals surface area contributed by atoms with Gasteiger partial charge in [0.15, 0.2) is 0 Å². The molecule has 0 radical (unpaired) electrons. The number of non-ortho nitro benzene ring substituents is 1. The highest BCUT2D eigenvalue weighted by atomic mass is 16.7. The molecule has 0 saturated carbocycles. The standard InChI is InChI=1S/C15H19NO6/c1-9(2)13(17)21-15(22-14(18)10(3)4)11-5-7-12(8-6-11)16(19)20/h5-10,15H,1-4H3. The molecule has 0 aliphatic heterocycles. The maximum atomic E-state index is 11.7. The van der Waals surface area contributed by atoms with E-state index in [1.165, 1.54) is 24.3 Å². The molecular weight excluding hydrogens is 290 g/mol. The summed E-state index contributed by atoms with van der Waals surface area (Å²) < 4.78 is 10.3. The molecule has 0 aliphatic carbocycles. The third kappa shape index (κ3) is 4.83. The van der Waals surface area contributed by atoms with Crippen LogP contribution in [0.15, 0.2) is 24.3 Å².